The van der Waals surface area contributed by atoms with Gasteiger partial charge in [0.15, 0.2) is 0 Å². The van der Waals surface area contributed by atoms with Gasteiger partial charge in [0, 0.05) is 17.8 Å². The van der Waals surface area contributed by atoms with Crippen molar-refractivity contribution < 1.29 is 27.5 Å². The Labute approximate surface area is 173 Å². The number of ether oxygens (including phenoxy) is 1. The fourth-order valence-electron chi connectivity index (χ4n) is 2.48. The Bertz CT molecular complexity index is 835. The van der Waals surface area contributed by atoms with Crippen molar-refractivity contribution in [3.05, 3.63) is 59.7 Å². The molecule has 2 N–H and O–H groups in total. The highest BCUT2D eigenvalue weighted by atomic mass is 19.4. The number of amides is 2. The van der Waals surface area contributed by atoms with Crippen LogP contribution in [-0.2, 0) is 11.0 Å². The topological polar surface area (TPSA) is 70.7 Å². The third-order valence-corrected chi connectivity index (χ3v) is 4.04. The molecule has 0 aliphatic rings. The third-order valence-electron chi connectivity index (χ3n) is 4.04. The zero-order valence-electron chi connectivity index (χ0n) is 16.8. The maximum atomic E-state index is 12.5. The van der Waals surface area contributed by atoms with E-state index in [4.69, 9.17) is 4.74 Å². The summed E-state index contributed by atoms with van der Waals surface area (Å²) in [7, 11) is 3.98. The van der Waals surface area contributed by atoms with Crippen molar-refractivity contribution in [3.8, 4) is 5.75 Å². The quantitative estimate of drug-likeness (QED) is 0.607. The first-order valence-electron chi connectivity index (χ1n) is 9.28. The van der Waals surface area contributed by atoms with Crippen molar-refractivity contribution in [1.29, 1.82) is 0 Å². The first-order valence-corrected chi connectivity index (χ1v) is 9.28. The molecule has 0 fully saturated rings. The van der Waals surface area contributed by atoms with Gasteiger partial charge < -0.3 is 20.3 Å². The fraction of sp³-hybridized carbons (Fsp3) is 0.333. The number of benzene rings is 2. The van der Waals surface area contributed by atoms with E-state index in [-0.39, 0.29) is 12.1 Å². The highest BCUT2D eigenvalue weighted by Gasteiger charge is 2.30. The van der Waals surface area contributed by atoms with Gasteiger partial charge in [-0.2, -0.15) is 13.2 Å². The molecule has 9 heteroatoms. The van der Waals surface area contributed by atoms with E-state index < -0.39 is 23.6 Å². The van der Waals surface area contributed by atoms with Crippen LogP contribution in [0.4, 0.5) is 18.9 Å². The SMILES string of the molecule is CN(C)CCCOc1ccc(NC(=O)CNC(=O)c2ccc(C(F)(F)F)cc2)cc1. The molecule has 0 aliphatic carbocycles. The van der Waals surface area contributed by atoms with E-state index >= 15 is 0 Å². The van der Waals surface area contributed by atoms with Gasteiger partial charge in [-0.05, 0) is 69.0 Å². The molecule has 2 aromatic rings. The summed E-state index contributed by atoms with van der Waals surface area (Å²) in [5.41, 5.74) is -0.280. The number of anilines is 1. The number of rotatable bonds is 9. The van der Waals surface area contributed by atoms with Gasteiger partial charge in [0.2, 0.25) is 5.91 Å². The Hall–Kier alpha value is -3.07. The number of carbonyl (C=O) groups is 2. The third kappa shape index (κ3) is 7.75. The molecule has 6 nitrogen and oxygen atoms in total. The van der Waals surface area contributed by atoms with E-state index in [0.29, 0.717) is 18.0 Å². The summed E-state index contributed by atoms with van der Waals surface area (Å²) in [6.07, 6.45) is -3.58. The van der Waals surface area contributed by atoms with Crippen LogP contribution < -0.4 is 15.4 Å². The minimum atomic E-state index is -4.47. The molecule has 0 radical (unpaired) electrons. The number of carbonyl (C=O) groups excluding carboxylic acids is 2. The smallest absolute Gasteiger partial charge is 0.416 e. The maximum Gasteiger partial charge on any atom is 0.416 e. The highest BCUT2D eigenvalue weighted by Crippen LogP contribution is 2.29. The highest BCUT2D eigenvalue weighted by molar-refractivity contribution is 5.99. The molecule has 0 unspecified atom stereocenters. The molecular formula is C21H24F3N3O3. The average molecular weight is 423 g/mol. The van der Waals surface area contributed by atoms with Crippen LogP contribution in [0.2, 0.25) is 0 Å². The van der Waals surface area contributed by atoms with Crippen LogP contribution in [-0.4, -0.2) is 50.5 Å². The minimum Gasteiger partial charge on any atom is -0.494 e. The second-order valence-corrected chi connectivity index (χ2v) is 6.84. The van der Waals surface area contributed by atoms with Crippen LogP contribution >= 0.6 is 0 Å². The number of halogens is 3. The largest absolute Gasteiger partial charge is 0.494 e. The normalized spacial score (nSPS) is 11.3. The Morgan fingerprint density at radius 1 is 1.00 bits per heavy atom. The van der Waals surface area contributed by atoms with Gasteiger partial charge in [0.1, 0.15) is 5.75 Å². The lowest BCUT2D eigenvalue weighted by Crippen LogP contribution is -2.32. The summed E-state index contributed by atoms with van der Waals surface area (Å²) in [4.78, 5) is 26.0. The van der Waals surface area contributed by atoms with E-state index in [1.54, 1.807) is 24.3 Å². The van der Waals surface area contributed by atoms with Crippen LogP contribution in [0.5, 0.6) is 5.75 Å². The fourth-order valence-corrected chi connectivity index (χ4v) is 2.48. The number of hydrogen-bond donors (Lipinski definition) is 2. The molecule has 30 heavy (non-hydrogen) atoms. The monoisotopic (exact) mass is 423 g/mol. The van der Waals surface area contributed by atoms with Crippen LogP contribution in [0.1, 0.15) is 22.3 Å². The Balaban J connectivity index is 1.76. The summed E-state index contributed by atoms with van der Waals surface area (Å²) < 4.78 is 43.3. The summed E-state index contributed by atoms with van der Waals surface area (Å²) in [6.45, 7) is 1.19. The molecule has 0 aliphatic heterocycles. The molecule has 2 amide bonds. The van der Waals surface area contributed by atoms with Gasteiger partial charge in [-0.1, -0.05) is 0 Å². The lowest BCUT2D eigenvalue weighted by atomic mass is 10.1. The molecule has 2 aromatic carbocycles. The molecule has 0 aromatic heterocycles. The van der Waals surface area contributed by atoms with Gasteiger partial charge in [-0.25, -0.2) is 0 Å². The van der Waals surface area contributed by atoms with Crippen LogP contribution in [0.25, 0.3) is 0 Å². The summed E-state index contributed by atoms with van der Waals surface area (Å²) >= 11 is 0. The molecule has 0 atom stereocenters. The minimum absolute atomic E-state index is 0.0339. The Morgan fingerprint density at radius 2 is 1.63 bits per heavy atom. The van der Waals surface area contributed by atoms with Crippen molar-refractivity contribution in [2.75, 3.05) is 39.1 Å². The predicted octanol–water partition coefficient (Wildman–Crippen LogP) is 3.40. The predicted molar refractivity (Wildman–Crippen MR) is 108 cm³/mol. The number of nitrogens with one attached hydrogen (secondary N) is 2. The lowest BCUT2D eigenvalue weighted by Gasteiger charge is -2.11. The van der Waals surface area contributed by atoms with Crippen molar-refractivity contribution in [1.82, 2.24) is 10.2 Å². The summed E-state index contributed by atoms with van der Waals surface area (Å²) in [5, 5.41) is 4.99. The van der Waals surface area contributed by atoms with Crippen LogP contribution in [0.3, 0.4) is 0 Å². The van der Waals surface area contributed by atoms with Crippen molar-refractivity contribution in [2.45, 2.75) is 12.6 Å². The lowest BCUT2D eigenvalue weighted by molar-refractivity contribution is -0.137. The second kappa shape index (κ2) is 10.6. The molecule has 0 saturated carbocycles. The zero-order chi connectivity index (χ0) is 22.1. The van der Waals surface area contributed by atoms with E-state index in [0.717, 1.165) is 37.2 Å². The van der Waals surface area contributed by atoms with Gasteiger partial charge in [0.25, 0.3) is 5.91 Å². The molecule has 0 spiro atoms. The van der Waals surface area contributed by atoms with E-state index in [1.165, 1.54) is 0 Å². The maximum absolute atomic E-state index is 12.5. The van der Waals surface area contributed by atoms with Gasteiger partial charge in [-0.15, -0.1) is 0 Å². The average Bonchev–Trinajstić information content (AvgIpc) is 2.70. The number of hydrogen-bond acceptors (Lipinski definition) is 4. The molecule has 162 valence electrons. The van der Waals surface area contributed by atoms with Crippen molar-refractivity contribution >= 4 is 17.5 Å². The summed E-state index contributed by atoms with van der Waals surface area (Å²) in [5.74, 6) is -0.419. The number of alkyl halides is 3. The molecule has 0 heterocycles. The Kier molecular flexibility index (Phi) is 8.23. The van der Waals surface area contributed by atoms with Gasteiger partial charge in [-0.3, -0.25) is 9.59 Å². The first-order chi connectivity index (χ1) is 14.1. The van der Waals surface area contributed by atoms with E-state index in [2.05, 4.69) is 15.5 Å². The second-order valence-electron chi connectivity index (χ2n) is 6.84. The van der Waals surface area contributed by atoms with Gasteiger partial charge >= 0.3 is 6.18 Å². The standard InChI is InChI=1S/C21H24F3N3O3/c1-27(2)12-3-13-30-18-10-8-17(9-11-18)26-19(28)14-25-20(29)15-4-6-16(7-5-15)21(22,23)24/h4-11H,3,12-14H2,1-2H3,(H,25,29)(H,26,28). The van der Waals surface area contributed by atoms with Crippen LogP contribution in [0.15, 0.2) is 48.5 Å². The molecule has 2 rings (SSSR count). The number of nitrogens with zero attached hydrogens (tertiary/aromatic N) is 1. The molecule has 0 saturated heterocycles. The van der Waals surface area contributed by atoms with Crippen LogP contribution in [0, 0.1) is 0 Å². The van der Waals surface area contributed by atoms with E-state index in [9.17, 15) is 22.8 Å². The zero-order valence-corrected chi connectivity index (χ0v) is 16.8. The summed E-state index contributed by atoms with van der Waals surface area (Å²) in [6, 6.07) is 10.6. The van der Waals surface area contributed by atoms with Crippen molar-refractivity contribution in [3.63, 3.8) is 0 Å². The molecule has 0 bridgehead atoms. The van der Waals surface area contributed by atoms with E-state index in [1.807, 2.05) is 14.1 Å². The Morgan fingerprint density at radius 3 is 2.20 bits per heavy atom. The van der Waals surface area contributed by atoms with Crippen molar-refractivity contribution in [2.24, 2.45) is 0 Å². The molecular weight excluding hydrogens is 399 g/mol. The first kappa shape index (κ1) is 23.2. The van der Waals surface area contributed by atoms with Gasteiger partial charge in [0.05, 0.1) is 18.7 Å².